The molecule has 1 saturated carbocycles. The number of fused-ring (bicyclic) bond motifs is 3. The number of rotatable bonds is 2. The van der Waals surface area contributed by atoms with Crippen molar-refractivity contribution in [3.05, 3.63) is 29.7 Å². The van der Waals surface area contributed by atoms with Gasteiger partial charge in [-0.05, 0) is 43.9 Å². The second-order valence-corrected chi connectivity index (χ2v) is 5.96. The van der Waals surface area contributed by atoms with Gasteiger partial charge in [-0.2, -0.15) is 0 Å². The first-order valence-corrected chi connectivity index (χ1v) is 7.13. The minimum atomic E-state index is -0.475. The zero-order chi connectivity index (χ0) is 13.7. The number of para-hydroxylation sites is 1. The van der Waals surface area contributed by atoms with Crippen LogP contribution in [0.25, 0.3) is 11.1 Å². The van der Waals surface area contributed by atoms with E-state index in [2.05, 4.69) is 10.3 Å². The standard InChI is InChI=1S/C15H17N3O2/c16-13(19)10-4-1-5-11-12(10)20-14(18-11)15-6-2-3-9(7-15)8-17-15/h1,4-5,9,17H,2-3,6-8H2,(H2,16,19). The molecule has 1 saturated heterocycles. The SMILES string of the molecule is NC(=O)c1cccc2nc(C34CCCC(CN3)C4)oc12. The van der Waals surface area contributed by atoms with Gasteiger partial charge in [0.05, 0.1) is 11.1 Å². The number of nitrogens with two attached hydrogens (primary N) is 1. The Bertz CT molecular complexity index is 689. The van der Waals surface area contributed by atoms with Crippen molar-refractivity contribution in [1.29, 1.82) is 0 Å². The topological polar surface area (TPSA) is 81.2 Å². The van der Waals surface area contributed by atoms with E-state index in [4.69, 9.17) is 10.2 Å². The zero-order valence-electron chi connectivity index (χ0n) is 11.2. The molecule has 2 aliphatic rings. The predicted molar refractivity (Wildman–Crippen MR) is 74.2 cm³/mol. The minimum Gasteiger partial charge on any atom is -0.438 e. The highest BCUT2D eigenvalue weighted by Crippen LogP contribution is 2.44. The molecule has 2 unspecified atom stereocenters. The lowest BCUT2D eigenvalue weighted by Gasteiger charge is -2.29. The Morgan fingerprint density at radius 1 is 1.50 bits per heavy atom. The summed E-state index contributed by atoms with van der Waals surface area (Å²) in [5.41, 5.74) is 6.89. The van der Waals surface area contributed by atoms with Gasteiger partial charge >= 0.3 is 0 Å². The molecule has 5 heteroatoms. The second kappa shape index (κ2) is 4.06. The average Bonchev–Trinajstić information content (AvgIpc) is 3.00. The Morgan fingerprint density at radius 3 is 3.25 bits per heavy atom. The first-order chi connectivity index (χ1) is 9.68. The van der Waals surface area contributed by atoms with Gasteiger partial charge in [0.2, 0.25) is 5.89 Å². The molecule has 2 bridgehead atoms. The lowest BCUT2D eigenvalue weighted by molar-refractivity contribution is 0.100. The molecule has 3 N–H and O–H groups in total. The Balaban J connectivity index is 1.85. The first-order valence-electron chi connectivity index (χ1n) is 7.13. The first kappa shape index (κ1) is 11.9. The molecule has 0 spiro atoms. The van der Waals surface area contributed by atoms with Crippen molar-refractivity contribution in [2.75, 3.05) is 6.54 Å². The van der Waals surface area contributed by atoms with Gasteiger partial charge in [0, 0.05) is 0 Å². The van der Waals surface area contributed by atoms with E-state index in [0.29, 0.717) is 22.6 Å². The van der Waals surface area contributed by atoms with Crippen molar-refractivity contribution in [2.45, 2.75) is 31.2 Å². The number of aromatic nitrogens is 1. The second-order valence-electron chi connectivity index (χ2n) is 5.96. The molecule has 2 heterocycles. The van der Waals surface area contributed by atoms with E-state index >= 15 is 0 Å². The van der Waals surface area contributed by atoms with E-state index in [1.165, 1.54) is 12.8 Å². The number of nitrogens with one attached hydrogen (secondary N) is 1. The lowest BCUT2D eigenvalue weighted by atomic mass is 9.80. The van der Waals surface area contributed by atoms with Gasteiger partial charge in [-0.3, -0.25) is 4.79 Å². The van der Waals surface area contributed by atoms with Crippen LogP contribution in [-0.2, 0) is 5.54 Å². The van der Waals surface area contributed by atoms with Crippen LogP contribution in [0.2, 0.25) is 0 Å². The third kappa shape index (κ3) is 1.59. The van der Waals surface area contributed by atoms with Gasteiger partial charge in [0.25, 0.3) is 5.91 Å². The molecule has 1 amide bonds. The summed E-state index contributed by atoms with van der Waals surface area (Å²) in [5, 5.41) is 3.59. The van der Waals surface area contributed by atoms with Crippen LogP contribution in [0.1, 0.15) is 41.9 Å². The van der Waals surface area contributed by atoms with Crippen LogP contribution >= 0.6 is 0 Å². The molecule has 2 atom stereocenters. The van der Waals surface area contributed by atoms with Gasteiger partial charge in [-0.25, -0.2) is 4.98 Å². The number of hydrogen-bond acceptors (Lipinski definition) is 4. The number of nitrogens with zero attached hydrogens (tertiary/aromatic N) is 1. The van der Waals surface area contributed by atoms with Crippen LogP contribution in [0.15, 0.2) is 22.6 Å². The highest BCUT2D eigenvalue weighted by molar-refractivity contribution is 6.03. The number of benzene rings is 1. The summed E-state index contributed by atoms with van der Waals surface area (Å²) in [7, 11) is 0. The van der Waals surface area contributed by atoms with Crippen LogP contribution in [0.3, 0.4) is 0 Å². The quantitative estimate of drug-likeness (QED) is 0.874. The molecular formula is C15H17N3O2. The van der Waals surface area contributed by atoms with Crippen LogP contribution in [0.5, 0.6) is 0 Å². The molecule has 2 aromatic rings. The number of amides is 1. The van der Waals surface area contributed by atoms with Crippen molar-refractivity contribution in [2.24, 2.45) is 11.7 Å². The number of carbonyl (C=O) groups excluding carboxylic acids is 1. The van der Waals surface area contributed by atoms with E-state index in [1.54, 1.807) is 12.1 Å². The van der Waals surface area contributed by atoms with Crippen molar-refractivity contribution >= 4 is 17.0 Å². The molecular weight excluding hydrogens is 254 g/mol. The molecule has 0 radical (unpaired) electrons. The molecule has 4 rings (SSSR count). The molecule has 104 valence electrons. The summed E-state index contributed by atoms with van der Waals surface area (Å²) >= 11 is 0. The third-order valence-electron chi connectivity index (χ3n) is 4.67. The predicted octanol–water partition coefficient (Wildman–Crippen LogP) is 1.92. The van der Waals surface area contributed by atoms with Gasteiger partial charge in [-0.15, -0.1) is 0 Å². The summed E-state index contributed by atoms with van der Waals surface area (Å²) < 4.78 is 5.95. The van der Waals surface area contributed by atoms with Gasteiger partial charge in [0.1, 0.15) is 5.52 Å². The molecule has 1 aliphatic carbocycles. The normalized spacial score (nSPS) is 28.9. The highest BCUT2D eigenvalue weighted by atomic mass is 16.4. The molecule has 2 fully saturated rings. The Morgan fingerprint density at radius 2 is 2.40 bits per heavy atom. The number of oxazole rings is 1. The number of carbonyl (C=O) groups is 1. The number of hydrogen-bond donors (Lipinski definition) is 2. The van der Waals surface area contributed by atoms with E-state index in [0.717, 1.165) is 25.3 Å². The Kier molecular flexibility index (Phi) is 2.41. The zero-order valence-corrected chi connectivity index (χ0v) is 11.2. The summed E-state index contributed by atoms with van der Waals surface area (Å²) in [5.74, 6) is 0.953. The van der Waals surface area contributed by atoms with Crippen LogP contribution < -0.4 is 11.1 Å². The van der Waals surface area contributed by atoms with E-state index in [1.807, 2.05) is 6.07 Å². The van der Waals surface area contributed by atoms with E-state index in [-0.39, 0.29) is 5.54 Å². The maximum absolute atomic E-state index is 11.5. The Hall–Kier alpha value is -1.88. The molecule has 1 aromatic heterocycles. The maximum atomic E-state index is 11.5. The van der Waals surface area contributed by atoms with E-state index in [9.17, 15) is 4.79 Å². The van der Waals surface area contributed by atoms with Crippen LogP contribution in [0.4, 0.5) is 0 Å². The average molecular weight is 271 g/mol. The number of primary amides is 1. The maximum Gasteiger partial charge on any atom is 0.252 e. The fourth-order valence-electron chi connectivity index (χ4n) is 3.68. The van der Waals surface area contributed by atoms with Crippen LogP contribution in [0, 0.1) is 5.92 Å². The smallest absolute Gasteiger partial charge is 0.252 e. The van der Waals surface area contributed by atoms with Crippen molar-refractivity contribution in [3.8, 4) is 0 Å². The largest absolute Gasteiger partial charge is 0.438 e. The Labute approximate surface area is 116 Å². The summed E-state index contributed by atoms with van der Waals surface area (Å²) in [6.45, 7) is 1.03. The van der Waals surface area contributed by atoms with Gasteiger partial charge in [0.15, 0.2) is 5.58 Å². The fraction of sp³-hybridized carbons (Fsp3) is 0.467. The van der Waals surface area contributed by atoms with Gasteiger partial charge < -0.3 is 15.5 Å². The van der Waals surface area contributed by atoms with Crippen molar-refractivity contribution < 1.29 is 9.21 Å². The van der Waals surface area contributed by atoms with Gasteiger partial charge in [-0.1, -0.05) is 12.5 Å². The molecule has 1 aliphatic heterocycles. The minimum absolute atomic E-state index is 0.142. The summed E-state index contributed by atoms with van der Waals surface area (Å²) in [6.07, 6.45) is 4.59. The molecule has 20 heavy (non-hydrogen) atoms. The summed E-state index contributed by atoms with van der Waals surface area (Å²) in [6, 6.07) is 5.34. The molecule has 1 aromatic carbocycles. The monoisotopic (exact) mass is 271 g/mol. The van der Waals surface area contributed by atoms with Crippen molar-refractivity contribution in [3.63, 3.8) is 0 Å². The lowest BCUT2D eigenvalue weighted by Crippen LogP contribution is -2.37. The van der Waals surface area contributed by atoms with E-state index < -0.39 is 5.91 Å². The van der Waals surface area contributed by atoms with Crippen LogP contribution in [-0.4, -0.2) is 17.4 Å². The fourth-order valence-corrected chi connectivity index (χ4v) is 3.68. The van der Waals surface area contributed by atoms with Crippen molar-refractivity contribution in [1.82, 2.24) is 10.3 Å². The third-order valence-corrected chi connectivity index (χ3v) is 4.67. The highest BCUT2D eigenvalue weighted by Gasteiger charge is 2.46. The molecule has 5 nitrogen and oxygen atoms in total. The summed E-state index contributed by atoms with van der Waals surface area (Å²) in [4.78, 5) is 16.1.